The van der Waals surface area contributed by atoms with Gasteiger partial charge in [0.25, 0.3) is 5.91 Å². The first-order valence-electron chi connectivity index (χ1n) is 5.61. The average Bonchev–Trinajstić information content (AvgIpc) is 2.25. The van der Waals surface area contributed by atoms with Gasteiger partial charge in [0.2, 0.25) is 0 Å². The molecule has 0 fully saturated rings. The Labute approximate surface area is 97.3 Å². The van der Waals surface area contributed by atoms with Gasteiger partial charge < -0.3 is 9.64 Å². The zero-order valence-corrected chi connectivity index (χ0v) is 10.4. The number of hydrogen-bond donors (Lipinski definition) is 0. The van der Waals surface area contributed by atoms with E-state index in [2.05, 4.69) is 6.58 Å². The molecule has 0 aliphatic carbocycles. The molecule has 0 N–H and O–H groups in total. The van der Waals surface area contributed by atoms with E-state index in [4.69, 9.17) is 4.74 Å². The molecule has 0 aromatic carbocycles. The maximum atomic E-state index is 11.6. The number of esters is 1. The number of likely N-dealkylation sites (N-methyl/N-ethyl adjacent to an activating group) is 1. The smallest absolute Gasteiger partial charge is 0.306 e. The van der Waals surface area contributed by atoms with Gasteiger partial charge in [-0.25, -0.2) is 0 Å². The largest absolute Gasteiger partial charge is 0.461 e. The van der Waals surface area contributed by atoms with Crippen LogP contribution in [0.25, 0.3) is 0 Å². The molecule has 0 aromatic rings. The predicted octanol–water partition coefficient (Wildman–Crippen LogP) is 1.75. The monoisotopic (exact) mass is 227 g/mol. The van der Waals surface area contributed by atoms with Crippen molar-refractivity contribution < 1.29 is 14.3 Å². The van der Waals surface area contributed by atoms with Crippen molar-refractivity contribution in [2.24, 2.45) is 0 Å². The van der Waals surface area contributed by atoms with Crippen LogP contribution >= 0.6 is 0 Å². The molecule has 4 nitrogen and oxygen atoms in total. The summed E-state index contributed by atoms with van der Waals surface area (Å²) in [7, 11) is 1.71. The second kappa shape index (κ2) is 7.91. The summed E-state index contributed by atoms with van der Waals surface area (Å²) in [4.78, 5) is 24.3. The van der Waals surface area contributed by atoms with Gasteiger partial charge in [-0.05, 0) is 12.8 Å². The summed E-state index contributed by atoms with van der Waals surface area (Å²) < 4.78 is 4.91. The molecule has 4 heteroatoms. The van der Waals surface area contributed by atoms with Gasteiger partial charge in [0.05, 0.1) is 0 Å². The Kier molecular flexibility index (Phi) is 7.25. The van der Waals surface area contributed by atoms with Crippen LogP contribution in [-0.4, -0.2) is 37.0 Å². The molecule has 0 saturated heterocycles. The summed E-state index contributed by atoms with van der Waals surface area (Å²) in [5.41, 5.74) is 0.320. The molecular weight excluding hydrogens is 206 g/mol. The van der Waals surface area contributed by atoms with Gasteiger partial charge in [-0.1, -0.05) is 20.4 Å². The van der Waals surface area contributed by atoms with Crippen molar-refractivity contribution in [2.75, 3.05) is 20.2 Å². The van der Waals surface area contributed by atoms with Crippen molar-refractivity contribution in [1.82, 2.24) is 4.90 Å². The van der Waals surface area contributed by atoms with Crippen molar-refractivity contribution in [3.05, 3.63) is 12.2 Å². The first kappa shape index (κ1) is 14.7. The lowest BCUT2D eigenvalue weighted by molar-refractivity contribution is -0.143. The minimum atomic E-state index is -0.283. The molecule has 0 spiro atoms. The normalized spacial score (nSPS) is 9.69. The first-order chi connectivity index (χ1) is 7.52. The third-order valence-electron chi connectivity index (χ3n) is 2.07. The number of amides is 1. The van der Waals surface area contributed by atoms with E-state index in [1.807, 2.05) is 13.8 Å². The Balaban J connectivity index is 3.97. The van der Waals surface area contributed by atoms with E-state index in [1.54, 1.807) is 11.9 Å². The summed E-state index contributed by atoms with van der Waals surface area (Å²) >= 11 is 0. The third-order valence-corrected chi connectivity index (χ3v) is 2.07. The van der Waals surface area contributed by atoms with E-state index in [9.17, 15) is 9.59 Å². The molecule has 0 rings (SSSR count). The molecule has 0 aliphatic heterocycles. The van der Waals surface area contributed by atoms with E-state index in [-0.39, 0.29) is 18.5 Å². The second-order valence-electron chi connectivity index (χ2n) is 3.74. The van der Waals surface area contributed by atoms with Crippen molar-refractivity contribution in [3.8, 4) is 0 Å². The van der Waals surface area contributed by atoms with Crippen LogP contribution in [-0.2, 0) is 14.3 Å². The molecule has 0 saturated carbocycles. The molecule has 0 aromatic heterocycles. The fraction of sp³-hybridized carbons (Fsp3) is 0.667. The Morgan fingerprint density at radius 3 is 2.38 bits per heavy atom. The van der Waals surface area contributed by atoms with E-state index in [0.717, 1.165) is 12.8 Å². The number of rotatable bonds is 7. The van der Waals surface area contributed by atoms with E-state index < -0.39 is 0 Å². The molecular formula is C12H21NO3. The number of ether oxygens (including phenoxy) is 1. The van der Waals surface area contributed by atoms with Gasteiger partial charge in [0.1, 0.15) is 6.61 Å². The summed E-state index contributed by atoms with van der Waals surface area (Å²) in [6.07, 6.45) is 2.02. The maximum Gasteiger partial charge on any atom is 0.306 e. The minimum absolute atomic E-state index is 0.00821. The van der Waals surface area contributed by atoms with Crippen molar-refractivity contribution in [1.29, 1.82) is 0 Å². The third kappa shape index (κ3) is 5.53. The van der Waals surface area contributed by atoms with Crippen LogP contribution in [0, 0.1) is 0 Å². The topological polar surface area (TPSA) is 46.6 Å². The molecule has 0 radical (unpaired) electrons. The van der Waals surface area contributed by atoms with E-state index in [1.165, 1.54) is 0 Å². The van der Waals surface area contributed by atoms with Gasteiger partial charge in [0, 0.05) is 25.6 Å². The van der Waals surface area contributed by atoms with Gasteiger partial charge >= 0.3 is 5.97 Å². The van der Waals surface area contributed by atoms with Crippen LogP contribution in [0.4, 0.5) is 0 Å². The Hall–Kier alpha value is -1.32. The van der Waals surface area contributed by atoms with Crippen molar-refractivity contribution in [2.45, 2.75) is 33.1 Å². The Bertz CT molecular complexity index is 261. The lowest BCUT2D eigenvalue weighted by Gasteiger charge is -2.17. The number of carbonyl (C=O) groups is 2. The van der Waals surface area contributed by atoms with Crippen LogP contribution in [0.15, 0.2) is 12.2 Å². The number of hydrogen-bond acceptors (Lipinski definition) is 3. The highest BCUT2D eigenvalue weighted by Gasteiger charge is 2.13. The number of carbonyl (C=O) groups excluding carboxylic acids is 2. The lowest BCUT2D eigenvalue weighted by Crippen LogP contribution is -2.30. The highest BCUT2D eigenvalue weighted by molar-refractivity contribution is 5.93. The second-order valence-corrected chi connectivity index (χ2v) is 3.74. The van der Waals surface area contributed by atoms with Crippen LogP contribution in [0.2, 0.25) is 0 Å². The van der Waals surface area contributed by atoms with Gasteiger partial charge in [-0.2, -0.15) is 0 Å². The maximum absolute atomic E-state index is 11.6. The minimum Gasteiger partial charge on any atom is -0.461 e. The van der Waals surface area contributed by atoms with Gasteiger partial charge in [-0.15, -0.1) is 0 Å². The molecule has 92 valence electrons. The van der Waals surface area contributed by atoms with Crippen LogP contribution < -0.4 is 0 Å². The molecule has 0 bridgehead atoms. The summed E-state index contributed by atoms with van der Waals surface area (Å²) in [5, 5.41) is 0. The van der Waals surface area contributed by atoms with Gasteiger partial charge in [0.15, 0.2) is 0 Å². The molecule has 16 heavy (non-hydrogen) atoms. The quantitative estimate of drug-likeness (QED) is 0.492. The molecule has 0 atom stereocenters. The fourth-order valence-electron chi connectivity index (χ4n) is 1.21. The Morgan fingerprint density at radius 2 is 1.88 bits per heavy atom. The molecule has 0 heterocycles. The summed E-state index contributed by atoms with van der Waals surface area (Å²) in [5.74, 6) is -0.444. The highest BCUT2D eigenvalue weighted by Crippen LogP contribution is 2.01. The fourth-order valence-corrected chi connectivity index (χ4v) is 1.21. The van der Waals surface area contributed by atoms with Crippen molar-refractivity contribution in [3.63, 3.8) is 0 Å². The molecule has 1 amide bonds. The zero-order valence-electron chi connectivity index (χ0n) is 10.4. The summed E-state index contributed by atoms with van der Waals surface area (Å²) in [6, 6.07) is 0. The summed E-state index contributed by atoms with van der Waals surface area (Å²) in [6.45, 7) is 8.19. The molecule has 0 aliphatic rings. The predicted molar refractivity (Wildman–Crippen MR) is 62.9 cm³/mol. The Morgan fingerprint density at radius 1 is 1.25 bits per heavy atom. The molecule has 0 unspecified atom stereocenters. The van der Waals surface area contributed by atoms with Crippen LogP contribution in [0.1, 0.15) is 33.1 Å². The lowest BCUT2D eigenvalue weighted by atomic mass is 10.2. The number of nitrogens with zero attached hydrogens (tertiary/aromatic N) is 1. The van der Waals surface area contributed by atoms with Crippen LogP contribution in [0.3, 0.4) is 0 Å². The zero-order chi connectivity index (χ0) is 12.6. The first-order valence-corrected chi connectivity index (χ1v) is 5.61. The SMILES string of the molecule is C=C(COC(=O)CCC)C(=O)N(C)CCC. The average molecular weight is 227 g/mol. The highest BCUT2D eigenvalue weighted by atomic mass is 16.5. The van der Waals surface area contributed by atoms with Crippen molar-refractivity contribution >= 4 is 11.9 Å². The van der Waals surface area contributed by atoms with Crippen LogP contribution in [0.5, 0.6) is 0 Å². The van der Waals surface area contributed by atoms with Gasteiger partial charge in [-0.3, -0.25) is 9.59 Å². The standard InChI is InChI=1S/C12H21NO3/c1-5-7-11(14)16-9-10(3)12(15)13(4)8-6-2/h3,5-9H2,1-2,4H3. The van der Waals surface area contributed by atoms with E-state index in [0.29, 0.717) is 18.5 Å². The van der Waals surface area contributed by atoms with E-state index >= 15 is 0 Å².